The zero-order chi connectivity index (χ0) is 28.7. The summed E-state index contributed by atoms with van der Waals surface area (Å²) >= 11 is 0. The molecular weight excluding hydrogens is 602 g/mol. The molecule has 18 heteroatoms. The molecule has 0 radical (unpaired) electrons. The second-order valence-corrected chi connectivity index (χ2v) is 10.8. The van der Waals surface area contributed by atoms with Crippen LogP contribution in [0.15, 0.2) is 76.7 Å². The van der Waals surface area contributed by atoms with E-state index in [0.717, 1.165) is 42.6 Å². The number of carbonyl (C=O) groups is 2. The molecule has 0 atom stereocenters. The number of rotatable bonds is 7. The predicted molar refractivity (Wildman–Crippen MR) is 134 cm³/mol. The zero-order valence-electron chi connectivity index (χ0n) is 21.6. The minimum atomic E-state index is -5.28. The first-order valence-electron chi connectivity index (χ1n) is 10.7. The van der Waals surface area contributed by atoms with Crippen LogP contribution in [0.3, 0.4) is 0 Å². The van der Waals surface area contributed by atoms with Crippen molar-refractivity contribution in [1.82, 2.24) is 4.57 Å². The SMILES string of the molecule is Cn1cc([N+](=O)[O-])cc1C(=O)Nc1cccc(C(=O)Nc2ccc3c(S(=O)(=O)[O-])cccc3c2S(=O)(=O)[O-])c1.[Na+].[Na+]. The molecule has 0 fully saturated rings. The molecule has 0 bridgehead atoms. The molecule has 0 aliphatic carbocycles. The van der Waals surface area contributed by atoms with Crippen molar-refractivity contribution >= 4 is 59.9 Å². The van der Waals surface area contributed by atoms with Crippen molar-refractivity contribution in [2.24, 2.45) is 7.05 Å². The van der Waals surface area contributed by atoms with Gasteiger partial charge in [0, 0.05) is 35.1 Å². The molecule has 0 unspecified atom stereocenters. The fraction of sp³-hybridized carbons (Fsp3) is 0.0435. The molecule has 0 saturated carbocycles. The Kier molecular flexibility index (Phi) is 11.1. The Bertz CT molecular complexity index is 1910. The van der Waals surface area contributed by atoms with E-state index in [4.69, 9.17) is 0 Å². The van der Waals surface area contributed by atoms with E-state index >= 15 is 0 Å². The van der Waals surface area contributed by atoms with Crippen molar-refractivity contribution in [3.63, 3.8) is 0 Å². The van der Waals surface area contributed by atoms with Crippen molar-refractivity contribution in [3.8, 4) is 0 Å². The third kappa shape index (κ3) is 7.61. The number of amides is 2. The molecule has 14 nitrogen and oxygen atoms in total. The van der Waals surface area contributed by atoms with E-state index in [9.17, 15) is 45.6 Å². The molecule has 3 aromatic carbocycles. The second-order valence-electron chi connectivity index (χ2n) is 8.14. The van der Waals surface area contributed by atoms with Gasteiger partial charge in [-0.05, 0) is 30.3 Å². The van der Waals surface area contributed by atoms with Gasteiger partial charge in [0.25, 0.3) is 17.5 Å². The van der Waals surface area contributed by atoms with Crippen LogP contribution >= 0.6 is 0 Å². The van der Waals surface area contributed by atoms with E-state index in [1.165, 1.54) is 35.9 Å². The summed E-state index contributed by atoms with van der Waals surface area (Å²) in [4.78, 5) is 34.2. The fourth-order valence-corrected chi connectivity index (χ4v) is 5.42. The molecule has 1 heterocycles. The normalized spacial score (nSPS) is 11.2. The molecule has 202 valence electrons. The summed E-state index contributed by atoms with van der Waals surface area (Å²) in [6.45, 7) is 0. The van der Waals surface area contributed by atoms with Crippen molar-refractivity contribution in [1.29, 1.82) is 0 Å². The van der Waals surface area contributed by atoms with E-state index in [2.05, 4.69) is 10.6 Å². The van der Waals surface area contributed by atoms with Crippen LogP contribution in [0.4, 0.5) is 17.1 Å². The van der Waals surface area contributed by atoms with E-state index in [1.807, 2.05) is 0 Å². The van der Waals surface area contributed by atoms with Crippen LogP contribution in [0.5, 0.6) is 0 Å². The van der Waals surface area contributed by atoms with Crippen molar-refractivity contribution in [2.75, 3.05) is 10.6 Å². The van der Waals surface area contributed by atoms with Crippen LogP contribution in [0.25, 0.3) is 10.8 Å². The van der Waals surface area contributed by atoms with Gasteiger partial charge in [-0.15, -0.1) is 0 Å². The minimum absolute atomic E-state index is 0. The summed E-state index contributed by atoms with van der Waals surface area (Å²) < 4.78 is 72.3. The Labute approximate surface area is 277 Å². The Hall–Kier alpha value is -2.64. The number of hydrogen-bond acceptors (Lipinski definition) is 10. The van der Waals surface area contributed by atoms with Crippen LogP contribution in [0.2, 0.25) is 0 Å². The van der Waals surface area contributed by atoms with E-state index < -0.39 is 52.5 Å². The Morgan fingerprint density at radius 1 is 0.829 bits per heavy atom. The molecule has 0 aliphatic rings. The first-order chi connectivity index (χ1) is 18.2. The molecular formula is C23H16N4Na2O10S2. The molecule has 4 aromatic rings. The minimum Gasteiger partial charge on any atom is -0.744 e. The zero-order valence-corrected chi connectivity index (χ0v) is 27.3. The van der Waals surface area contributed by atoms with Gasteiger partial charge in [0.05, 0.1) is 26.6 Å². The first-order valence-corrected chi connectivity index (χ1v) is 13.5. The van der Waals surface area contributed by atoms with Crippen LogP contribution in [0, 0.1) is 10.1 Å². The molecule has 2 amide bonds. The van der Waals surface area contributed by atoms with Crippen LogP contribution in [-0.2, 0) is 27.3 Å². The Balaban J connectivity index is 0.00000294. The molecule has 4 rings (SSSR count). The van der Waals surface area contributed by atoms with E-state index in [-0.39, 0.29) is 92.5 Å². The topological polar surface area (TPSA) is 221 Å². The largest absolute Gasteiger partial charge is 1.00 e. The standard InChI is InChI=1S/C23H18N4O10S2.2Na/c1-26-12-15(27(30)31)11-19(26)23(29)24-14-5-2-4-13(10-14)22(28)25-18-9-8-16-17(21(18)39(35,36)37)6-3-7-20(16)38(32,33)34;;/h2-12H,1H3,(H,24,29)(H,25,28)(H,32,33,34)(H,35,36,37);;/q;2*+1/p-2. The Morgan fingerprint density at radius 2 is 1.49 bits per heavy atom. The van der Waals surface area contributed by atoms with E-state index in [0.29, 0.717) is 0 Å². The summed E-state index contributed by atoms with van der Waals surface area (Å²) in [5.41, 5.74) is -0.742. The van der Waals surface area contributed by atoms with Crippen LogP contribution < -0.4 is 69.7 Å². The van der Waals surface area contributed by atoms with Crippen LogP contribution in [0.1, 0.15) is 20.8 Å². The van der Waals surface area contributed by atoms with Crippen molar-refractivity contribution < 1.29 is 99.6 Å². The molecule has 41 heavy (non-hydrogen) atoms. The summed E-state index contributed by atoms with van der Waals surface area (Å²) in [5.74, 6) is -1.60. The number of nitro groups is 1. The number of nitrogens with one attached hydrogen (secondary N) is 2. The Morgan fingerprint density at radius 3 is 2.07 bits per heavy atom. The maximum absolute atomic E-state index is 13.0. The van der Waals surface area contributed by atoms with Gasteiger partial charge in [0.15, 0.2) is 0 Å². The van der Waals surface area contributed by atoms with Crippen molar-refractivity contribution in [3.05, 3.63) is 88.2 Å². The average molecular weight is 619 g/mol. The van der Waals surface area contributed by atoms with Gasteiger partial charge < -0.3 is 24.3 Å². The smallest absolute Gasteiger partial charge is 0.744 e. The molecule has 0 saturated heterocycles. The van der Waals surface area contributed by atoms with E-state index in [1.54, 1.807) is 0 Å². The van der Waals surface area contributed by atoms with Gasteiger partial charge in [-0.3, -0.25) is 19.7 Å². The molecule has 2 N–H and O–H groups in total. The predicted octanol–water partition coefficient (Wildman–Crippen LogP) is -3.59. The molecule has 0 spiro atoms. The maximum Gasteiger partial charge on any atom is 1.00 e. The first kappa shape index (κ1) is 34.6. The fourth-order valence-electron chi connectivity index (χ4n) is 3.89. The third-order valence-electron chi connectivity index (χ3n) is 5.56. The number of benzene rings is 3. The summed E-state index contributed by atoms with van der Waals surface area (Å²) in [6, 6.07) is 11.7. The summed E-state index contributed by atoms with van der Waals surface area (Å²) in [6.07, 6.45) is 1.15. The third-order valence-corrected chi connectivity index (χ3v) is 7.39. The number of fused-ring (bicyclic) bond motifs is 1. The van der Waals surface area contributed by atoms with Gasteiger partial charge in [0.2, 0.25) is 0 Å². The number of aryl methyl sites for hydroxylation is 1. The average Bonchev–Trinajstić information content (AvgIpc) is 3.24. The maximum atomic E-state index is 13.0. The van der Waals surface area contributed by atoms with Gasteiger partial charge >= 0.3 is 59.1 Å². The van der Waals surface area contributed by atoms with Gasteiger partial charge in [-0.2, -0.15) is 0 Å². The number of anilines is 2. The molecule has 1 aromatic heterocycles. The number of nitrogens with zero attached hydrogens (tertiary/aromatic N) is 2. The number of hydrogen-bond donors (Lipinski definition) is 2. The second kappa shape index (κ2) is 13.1. The van der Waals surface area contributed by atoms with Crippen LogP contribution in [-0.4, -0.2) is 47.2 Å². The van der Waals surface area contributed by atoms with Gasteiger partial charge in [-0.25, -0.2) is 16.8 Å². The molecule has 0 aliphatic heterocycles. The quantitative estimate of drug-likeness (QED) is 0.0897. The number of carbonyl (C=O) groups excluding carboxylic acids is 2. The van der Waals surface area contributed by atoms with Gasteiger partial charge in [0.1, 0.15) is 25.9 Å². The monoisotopic (exact) mass is 618 g/mol. The van der Waals surface area contributed by atoms with Crippen molar-refractivity contribution in [2.45, 2.75) is 9.79 Å². The van der Waals surface area contributed by atoms with Gasteiger partial charge in [-0.1, -0.05) is 24.3 Å². The summed E-state index contributed by atoms with van der Waals surface area (Å²) in [5, 5.41) is 15.0. The number of aromatic nitrogens is 1. The summed E-state index contributed by atoms with van der Waals surface area (Å²) in [7, 11) is -8.86.